The third-order valence-corrected chi connectivity index (χ3v) is 3.93. The first kappa shape index (κ1) is 13.5. The Balaban J connectivity index is 2.61. The fourth-order valence-corrected chi connectivity index (χ4v) is 2.50. The molecule has 1 fully saturated rings. The van der Waals surface area contributed by atoms with E-state index in [1.807, 2.05) is 4.90 Å². The Hall–Kier alpha value is -0.570. The van der Waals surface area contributed by atoms with Crippen LogP contribution >= 0.6 is 0 Å². The van der Waals surface area contributed by atoms with E-state index in [4.69, 9.17) is 5.73 Å². The zero-order valence-electron chi connectivity index (χ0n) is 10.9. The summed E-state index contributed by atoms with van der Waals surface area (Å²) in [6, 6.07) is 0.137. The lowest BCUT2D eigenvalue weighted by molar-refractivity contribution is -0.135. The van der Waals surface area contributed by atoms with Gasteiger partial charge in [-0.3, -0.25) is 4.79 Å². The van der Waals surface area contributed by atoms with Crippen LogP contribution in [0.4, 0.5) is 0 Å². The lowest BCUT2D eigenvalue weighted by atomic mass is 9.98. The highest BCUT2D eigenvalue weighted by molar-refractivity contribution is 5.82. The normalized spacial score (nSPS) is 20.8. The van der Waals surface area contributed by atoms with Gasteiger partial charge >= 0.3 is 0 Å². The molecule has 0 saturated heterocycles. The summed E-state index contributed by atoms with van der Waals surface area (Å²) in [6.07, 6.45) is 5.80. The molecule has 0 aliphatic heterocycles. The van der Waals surface area contributed by atoms with Crippen molar-refractivity contribution in [2.24, 2.45) is 11.7 Å². The van der Waals surface area contributed by atoms with E-state index in [0.717, 1.165) is 25.8 Å². The van der Waals surface area contributed by atoms with Gasteiger partial charge in [0.1, 0.15) is 0 Å². The predicted molar refractivity (Wildman–Crippen MR) is 67.1 cm³/mol. The van der Waals surface area contributed by atoms with E-state index in [-0.39, 0.29) is 17.9 Å². The van der Waals surface area contributed by atoms with Crippen molar-refractivity contribution >= 4 is 5.91 Å². The molecule has 1 aliphatic carbocycles. The highest BCUT2D eigenvalue weighted by Crippen LogP contribution is 2.24. The summed E-state index contributed by atoms with van der Waals surface area (Å²) in [6.45, 7) is 7.00. The van der Waals surface area contributed by atoms with Gasteiger partial charge in [-0.25, -0.2) is 0 Å². The molecule has 1 amide bonds. The second-order valence-electron chi connectivity index (χ2n) is 4.97. The molecule has 1 rings (SSSR count). The first-order chi connectivity index (χ1) is 7.61. The smallest absolute Gasteiger partial charge is 0.239 e. The molecule has 2 N–H and O–H groups in total. The van der Waals surface area contributed by atoms with Crippen molar-refractivity contribution in [2.45, 2.75) is 65.0 Å². The molecule has 0 heterocycles. The van der Waals surface area contributed by atoms with Gasteiger partial charge in [-0.1, -0.05) is 33.1 Å². The number of amides is 1. The molecule has 94 valence electrons. The second kappa shape index (κ2) is 6.24. The Morgan fingerprint density at radius 3 is 2.38 bits per heavy atom. The molecule has 0 aromatic heterocycles. The zero-order valence-corrected chi connectivity index (χ0v) is 10.9. The average Bonchev–Trinajstić information content (AvgIpc) is 2.81. The van der Waals surface area contributed by atoms with Gasteiger partial charge in [-0.05, 0) is 25.7 Å². The minimum atomic E-state index is -0.314. The Kier molecular flexibility index (Phi) is 5.26. The summed E-state index contributed by atoms with van der Waals surface area (Å²) in [5.41, 5.74) is 6.02. The molecule has 0 bridgehead atoms. The first-order valence-corrected chi connectivity index (χ1v) is 6.67. The van der Waals surface area contributed by atoms with Crippen LogP contribution in [0.5, 0.6) is 0 Å². The maximum absolute atomic E-state index is 12.3. The molecule has 0 unspecified atom stereocenters. The summed E-state index contributed by atoms with van der Waals surface area (Å²) < 4.78 is 0. The molecule has 2 atom stereocenters. The molecule has 0 aromatic rings. The Labute approximate surface area is 99.4 Å². The van der Waals surface area contributed by atoms with Gasteiger partial charge in [-0.15, -0.1) is 0 Å². The molecule has 3 heteroatoms. The number of nitrogens with zero attached hydrogens (tertiary/aromatic N) is 1. The van der Waals surface area contributed by atoms with Crippen LogP contribution in [0.15, 0.2) is 0 Å². The standard InChI is InChI=1S/C13H26N2O/c1-4-10(3)12(14)13(16)15(5-2)11-8-6-7-9-11/h10-12H,4-9,14H2,1-3H3/t10-,12-/m0/s1. The van der Waals surface area contributed by atoms with Crippen molar-refractivity contribution in [1.82, 2.24) is 4.90 Å². The van der Waals surface area contributed by atoms with Gasteiger partial charge in [0.2, 0.25) is 5.91 Å². The Morgan fingerprint density at radius 2 is 1.94 bits per heavy atom. The number of carbonyl (C=O) groups excluding carboxylic acids is 1. The van der Waals surface area contributed by atoms with Gasteiger partial charge < -0.3 is 10.6 Å². The van der Waals surface area contributed by atoms with Crippen molar-refractivity contribution in [3.05, 3.63) is 0 Å². The van der Waals surface area contributed by atoms with Crippen molar-refractivity contribution in [3.63, 3.8) is 0 Å². The monoisotopic (exact) mass is 226 g/mol. The molecular formula is C13H26N2O. The van der Waals surface area contributed by atoms with Crippen LogP contribution in [-0.2, 0) is 4.79 Å². The van der Waals surface area contributed by atoms with Crippen LogP contribution in [0, 0.1) is 5.92 Å². The van der Waals surface area contributed by atoms with E-state index < -0.39 is 0 Å². The van der Waals surface area contributed by atoms with E-state index in [2.05, 4.69) is 20.8 Å². The third-order valence-electron chi connectivity index (χ3n) is 3.93. The van der Waals surface area contributed by atoms with Crippen molar-refractivity contribution < 1.29 is 4.79 Å². The third kappa shape index (κ3) is 2.97. The summed E-state index contributed by atoms with van der Waals surface area (Å²) in [7, 11) is 0. The summed E-state index contributed by atoms with van der Waals surface area (Å²) >= 11 is 0. The number of carbonyl (C=O) groups is 1. The van der Waals surface area contributed by atoms with Crippen molar-refractivity contribution in [2.75, 3.05) is 6.54 Å². The van der Waals surface area contributed by atoms with Crippen LogP contribution in [0.25, 0.3) is 0 Å². The van der Waals surface area contributed by atoms with Crippen molar-refractivity contribution in [1.29, 1.82) is 0 Å². The van der Waals surface area contributed by atoms with Crippen LogP contribution in [-0.4, -0.2) is 29.4 Å². The molecule has 16 heavy (non-hydrogen) atoms. The summed E-state index contributed by atoms with van der Waals surface area (Å²) in [4.78, 5) is 14.3. The molecular weight excluding hydrogens is 200 g/mol. The zero-order chi connectivity index (χ0) is 12.1. The largest absolute Gasteiger partial charge is 0.339 e. The molecule has 0 aromatic carbocycles. The Morgan fingerprint density at radius 1 is 1.38 bits per heavy atom. The van der Waals surface area contributed by atoms with Crippen LogP contribution in [0.2, 0.25) is 0 Å². The maximum atomic E-state index is 12.3. The van der Waals surface area contributed by atoms with Crippen LogP contribution in [0.1, 0.15) is 52.9 Å². The molecule has 1 aliphatic rings. The fraction of sp³-hybridized carbons (Fsp3) is 0.923. The summed E-state index contributed by atoms with van der Waals surface area (Å²) in [5, 5.41) is 0. The van der Waals surface area contributed by atoms with E-state index in [1.165, 1.54) is 12.8 Å². The lowest BCUT2D eigenvalue weighted by Crippen LogP contribution is -2.50. The lowest BCUT2D eigenvalue weighted by Gasteiger charge is -2.31. The Bertz CT molecular complexity index is 224. The fourth-order valence-electron chi connectivity index (χ4n) is 2.50. The van der Waals surface area contributed by atoms with E-state index in [9.17, 15) is 4.79 Å². The number of hydrogen-bond acceptors (Lipinski definition) is 2. The average molecular weight is 226 g/mol. The number of hydrogen-bond donors (Lipinski definition) is 1. The number of likely N-dealkylation sites (N-methyl/N-ethyl adjacent to an activating group) is 1. The van der Waals surface area contributed by atoms with E-state index in [1.54, 1.807) is 0 Å². The van der Waals surface area contributed by atoms with Gasteiger partial charge in [-0.2, -0.15) is 0 Å². The minimum Gasteiger partial charge on any atom is -0.339 e. The van der Waals surface area contributed by atoms with Crippen molar-refractivity contribution in [3.8, 4) is 0 Å². The second-order valence-corrected chi connectivity index (χ2v) is 4.97. The van der Waals surface area contributed by atoms with E-state index in [0.29, 0.717) is 6.04 Å². The van der Waals surface area contributed by atoms with Gasteiger partial charge in [0.25, 0.3) is 0 Å². The number of rotatable bonds is 5. The quantitative estimate of drug-likeness (QED) is 0.780. The highest BCUT2D eigenvalue weighted by Gasteiger charge is 2.30. The van der Waals surface area contributed by atoms with E-state index >= 15 is 0 Å². The molecule has 0 radical (unpaired) electrons. The van der Waals surface area contributed by atoms with Crippen LogP contribution in [0.3, 0.4) is 0 Å². The maximum Gasteiger partial charge on any atom is 0.239 e. The SMILES string of the molecule is CC[C@H](C)[C@H](N)C(=O)N(CC)C1CCCC1. The van der Waals surface area contributed by atoms with Gasteiger partial charge in [0.05, 0.1) is 6.04 Å². The highest BCUT2D eigenvalue weighted by atomic mass is 16.2. The summed E-state index contributed by atoms with van der Waals surface area (Å²) in [5.74, 6) is 0.437. The first-order valence-electron chi connectivity index (χ1n) is 6.67. The number of nitrogens with two attached hydrogens (primary N) is 1. The molecule has 3 nitrogen and oxygen atoms in total. The van der Waals surface area contributed by atoms with Crippen LogP contribution < -0.4 is 5.73 Å². The minimum absolute atomic E-state index is 0.156. The molecule has 1 saturated carbocycles. The molecule has 0 spiro atoms. The van der Waals surface area contributed by atoms with Gasteiger partial charge in [0, 0.05) is 12.6 Å². The van der Waals surface area contributed by atoms with Gasteiger partial charge in [0.15, 0.2) is 0 Å². The predicted octanol–water partition coefficient (Wildman–Crippen LogP) is 2.15. The topological polar surface area (TPSA) is 46.3 Å².